The zero-order valence-electron chi connectivity index (χ0n) is 21.4. The molecule has 8 nitrogen and oxygen atoms in total. The van der Waals surface area contributed by atoms with Crippen LogP contribution in [0.15, 0.2) is 48.8 Å². The SMILES string of the molecule is Cc1c(C(=O)Nc2ccc(C3(C#N)CCN(C4CCC(O)C4)CC3)nc2)cnn1-c1ccc(C(F)(F)F)cc1. The van der Waals surface area contributed by atoms with Crippen molar-refractivity contribution in [1.82, 2.24) is 19.7 Å². The van der Waals surface area contributed by atoms with Crippen LogP contribution in [-0.4, -0.2) is 55.9 Å². The van der Waals surface area contributed by atoms with Gasteiger partial charge in [0.1, 0.15) is 5.41 Å². The lowest BCUT2D eigenvalue weighted by Gasteiger charge is -2.39. The van der Waals surface area contributed by atoms with Crippen LogP contribution in [0.3, 0.4) is 0 Å². The molecular weight excluding hydrogens is 509 g/mol. The highest BCUT2D eigenvalue weighted by molar-refractivity contribution is 6.04. The van der Waals surface area contributed by atoms with Crippen LogP contribution in [0.5, 0.6) is 0 Å². The Hall–Kier alpha value is -3.75. The number of piperidine rings is 1. The Balaban J connectivity index is 1.24. The third-order valence-corrected chi connectivity index (χ3v) is 7.96. The van der Waals surface area contributed by atoms with E-state index in [0.717, 1.165) is 44.5 Å². The second-order valence-electron chi connectivity index (χ2n) is 10.3. The van der Waals surface area contributed by atoms with Gasteiger partial charge in [-0.3, -0.25) is 9.78 Å². The largest absolute Gasteiger partial charge is 0.416 e. The minimum absolute atomic E-state index is 0.231. The van der Waals surface area contributed by atoms with Crippen LogP contribution >= 0.6 is 0 Å². The van der Waals surface area contributed by atoms with Crippen molar-refractivity contribution < 1.29 is 23.1 Å². The number of hydrogen-bond donors (Lipinski definition) is 2. The molecule has 3 heterocycles. The van der Waals surface area contributed by atoms with Gasteiger partial charge < -0.3 is 15.3 Å². The normalized spacial score (nSPS) is 21.4. The first-order valence-corrected chi connectivity index (χ1v) is 12.9. The Morgan fingerprint density at radius 2 is 1.85 bits per heavy atom. The minimum Gasteiger partial charge on any atom is -0.393 e. The maximum absolute atomic E-state index is 12.9. The van der Waals surface area contributed by atoms with Gasteiger partial charge in [0.15, 0.2) is 0 Å². The molecule has 3 aromatic rings. The van der Waals surface area contributed by atoms with Gasteiger partial charge in [-0.05, 0) is 75.4 Å². The van der Waals surface area contributed by atoms with Gasteiger partial charge in [-0.15, -0.1) is 0 Å². The predicted octanol–water partition coefficient (Wildman–Crippen LogP) is 4.62. The molecule has 0 radical (unpaired) electrons. The molecule has 2 aliphatic rings. The van der Waals surface area contributed by atoms with Gasteiger partial charge in [0, 0.05) is 19.1 Å². The van der Waals surface area contributed by atoms with E-state index in [1.807, 2.05) is 0 Å². The number of aliphatic hydroxyl groups excluding tert-OH is 1. The highest BCUT2D eigenvalue weighted by atomic mass is 19.4. The maximum Gasteiger partial charge on any atom is 0.416 e. The van der Waals surface area contributed by atoms with E-state index in [1.54, 1.807) is 19.1 Å². The number of nitrogens with zero attached hydrogens (tertiary/aromatic N) is 5. The Morgan fingerprint density at radius 1 is 1.13 bits per heavy atom. The molecule has 2 N–H and O–H groups in total. The molecule has 0 spiro atoms. The van der Waals surface area contributed by atoms with Crippen molar-refractivity contribution in [2.45, 2.75) is 62.8 Å². The van der Waals surface area contributed by atoms with Crippen molar-refractivity contribution in [3.8, 4) is 11.8 Å². The van der Waals surface area contributed by atoms with Gasteiger partial charge in [-0.25, -0.2) is 4.68 Å². The molecule has 5 rings (SSSR count). The molecule has 204 valence electrons. The summed E-state index contributed by atoms with van der Waals surface area (Å²) in [5.74, 6) is -0.428. The van der Waals surface area contributed by atoms with E-state index in [1.165, 1.54) is 29.2 Å². The summed E-state index contributed by atoms with van der Waals surface area (Å²) < 4.78 is 40.0. The molecule has 11 heteroatoms. The number of aliphatic hydroxyl groups is 1. The van der Waals surface area contributed by atoms with Crippen molar-refractivity contribution in [1.29, 1.82) is 5.26 Å². The predicted molar refractivity (Wildman–Crippen MR) is 137 cm³/mol. The third-order valence-electron chi connectivity index (χ3n) is 7.96. The lowest BCUT2D eigenvalue weighted by molar-refractivity contribution is -0.137. The summed E-state index contributed by atoms with van der Waals surface area (Å²) in [6, 6.07) is 10.9. The fourth-order valence-electron chi connectivity index (χ4n) is 5.60. The fraction of sp³-hybridized carbons (Fsp3) is 0.429. The summed E-state index contributed by atoms with van der Waals surface area (Å²) >= 11 is 0. The van der Waals surface area contributed by atoms with E-state index in [2.05, 4.69) is 26.4 Å². The number of rotatable bonds is 5. The zero-order valence-corrected chi connectivity index (χ0v) is 21.4. The number of carbonyl (C=O) groups excluding carboxylic acids is 1. The average molecular weight is 539 g/mol. The third kappa shape index (κ3) is 5.40. The van der Waals surface area contributed by atoms with Crippen molar-refractivity contribution >= 4 is 11.6 Å². The number of anilines is 1. The highest BCUT2D eigenvalue weighted by Gasteiger charge is 2.40. The topological polar surface area (TPSA) is 107 Å². The molecule has 1 aromatic carbocycles. The first kappa shape index (κ1) is 26.8. The van der Waals surface area contributed by atoms with Crippen LogP contribution < -0.4 is 5.32 Å². The monoisotopic (exact) mass is 538 g/mol. The molecule has 1 saturated carbocycles. The van der Waals surface area contributed by atoms with Crippen LogP contribution in [0, 0.1) is 18.3 Å². The standard InChI is InChI=1S/C28H29F3N6O2/c1-18-24(16-34-37(18)21-5-2-19(3-6-21)28(29,30)31)26(39)35-20-4-9-25(33-15-20)27(17-32)10-12-36(13-11-27)22-7-8-23(38)14-22/h2-6,9,15-16,22-23,38H,7-8,10-14H2,1H3,(H,35,39). The number of benzene rings is 1. The Morgan fingerprint density at radius 3 is 2.41 bits per heavy atom. The summed E-state index contributed by atoms with van der Waals surface area (Å²) in [7, 11) is 0. The molecule has 2 fully saturated rings. The van der Waals surface area contributed by atoms with E-state index in [0.29, 0.717) is 41.6 Å². The van der Waals surface area contributed by atoms with Gasteiger partial charge >= 0.3 is 6.18 Å². The average Bonchev–Trinajstić information content (AvgIpc) is 3.54. The second kappa shape index (κ2) is 10.4. The van der Waals surface area contributed by atoms with Crippen LogP contribution in [0.2, 0.25) is 0 Å². The Labute approximate surface area is 224 Å². The summed E-state index contributed by atoms with van der Waals surface area (Å²) in [4.78, 5) is 19.8. The molecule has 1 aliphatic carbocycles. The maximum atomic E-state index is 12.9. The van der Waals surface area contributed by atoms with Gasteiger partial charge in [0.2, 0.25) is 0 Å². The molecule has 1 saturated heterocycles. The quantitative estimate of drug-likeness (QED) is 0.491. The molecule has 2 aromatic heterocycles. The number of nitrogens with one attached hydrogen (secondary N) is 1. The summed E-state index contributed by atoms with van der Waals surface area (Å²) in [5.41, 5.74) is 0.815. The molecule has 1 amide bonds. The second-order valence-corrected chi connectivity index (χ2v) is 10.3. The van der Waals surface area contributed by atoms with Gasteiger partial charge in [-0.1, -0.05) is 0 Å². The van der Waals surface area contributed by atoms with Gasteiger partial charge in [0.25, 0.3) is 5.91 Å². The number of amides is 1. The number of aromatic nitrogens is 3. The molecule has 2 atom stereocenters. The van der Waals surface area contributed by atoms with Crippen LogP contribution in [0.25, 0.3) is 5.69 Å². The van der Waals surface area contributed by atoms with Crippen molar-refractivity contribution in [2.75, 3.05) is 18.4 Å². The van der Waals surface area contributed by atoms with Crippen molar-refractivity contribution in [2.24, 2.45) is 0 Å². The molecule has 39 heavy (non-hydrogen) atoms. The van der Waals surface area contributed by atoms with E-state index in [9.17, 15) is 28.3 Å². The van der Waals surface area contributed by atoms with Crippen LogP contribution in [0.1, 0.15) is 59.4 Å². The molecule has 2 unspecified atom stereocenters. The summed E-state index contributed by atoms with van der Waals surface area (Å²) in [5, 5.41) is 26.9. The van der Waals surface area contributed by atoms with E-state index in [4.69, 9.17) is 0 Å². The Kier molecular flexibility index (Phi) is 7.18. The number of halogens is 3. The van der Waals surface area contributed by atoms with Crippen molar-refractivity contribution in [3.63, 3.8) is 0 Å². The summed E-state index contributed by atoms with van der Waals surface area (Å²) in [6.45, 7) is 3.21. The summed E-state index contributed by atoms with van der Waals surface area (Å²) in [6.07, 6.45) is 2.13. The lowest BCUT2D eigenvalue weighted by atomic mass is 9.76. The van der Waals surface area contributed by atoms with Crippen molar-refractivity contribution in [3.05, 3.63) is 71.3 Å². The van der Waals surface area contributed by atoms with E-state index < -0.39 is 23.1 Å². The van der Waals surface area contributed by atoms with Gasteiger partial charge in [0.05, 0.1) is 58.5 Å². The lowest BCUT2D eigenvalue weighted by Crippen LogP contribution is -2.46. The van der Waals surface area contributed by atoms with Crippen LogP contribution in [0.4, 0.5) is 18.9 Å². The van der Waals surface area contributed by atoms with Crippen LogP contribution in [-0.2, 0) is 11.6 Å². The first-order valence-electron chi connectivity index (χ1n) is 12.9. The molecule has 1 aliphatic heterocycles. The van der Waals surface area contributed by atoms with E-state index >= 15 is 0 Å². The number of pyridine rings is 1. The zero-order chi connectivity index (χ0) is 27.8. The number of nitriles is 1. The smallest absolute Gasteiger partial charge is 0.393 e. The van der Waals surface area contributed by atoms with Gasteiger partial charge in [-0.2, -0.15) is 23.5 Å². The highest BCUT2D eigenvalue weighted by Crippen LogP contribution is 2.37. The number of carbonyl (C=O) groups is 1. The fourth-order valence-corrected chi connectivity index (χ4v) is 5.60. The van der Waals surface area contributed by atoms with E-state index in [-0.39, 0.29) is 11.7 Å². The molecule has 0 bridgehead atoms. The Bertz CT molecular complexity index is 1370. The number of likely N-dealkylation sites (tertiary alicyclic amines) is 1. The first-order chi connectivity index (χ1) is 18.6. The number of alkyl halides is 3. The molecular formula is C28H29F3N6O2. The number of hydrogen-bond acceptors (Lipinski definition) is 6. The minimum atomic E-state index is -4.43.